The van der Waals surface area contributed by atoms with Gasteiger partial charge in [0.1, 0.15) is 0 Å². The van der Waals surface area contributed by atoms with Crippen molar-refractivity contribution in [2.45, 2.75) is 121 Å². The summed E-state index contributed by atoms with van der Waals surface area (Å²) in [7, 11) is -0.0608. The van der Waals surface area contributed by atoms with E-state index in [1.165, 1.54) is 95.9 Å². The molecule has 0 fully saturated rings. The quantitative estimate of drug-likeness (QED) is 0.116. The fraction of sp³-hybridized carbons (Fsp3) is 1.00. The fourth-order valence-electron chi connectivity index (χ4n) is 3.45. The number of hydrogen-bond donors (Lipinski definition) is 0. The second-order valence-corrected chi connectivity index (χ2v) is 19.2. The zero-order chi connectivity index (χ0) is 18.1. The normalized spacial score (nSPS) is 12.8. The summed E-state index contributed by atoms with van der Waals surface area (Å²) < 4.78 is 0. The summed E-state index contributed by atoms with van der Waals surface area (Å²) in [6.45, 7) is 4.58. The molecule has 0 amide bonds. The van der Waals surface area contributed by atoms with E-state index in [1.54, 1.807) is 0 Å². The lowest BCUT2D eigenvalue weighted by atomic mass is 10.0. The third-order valence-corrected chi connectivity index (χ3v) is 10.7. The van der Waals surface area contributed by atoms with E-state index in [1.807, 2.05) is 0 Å². The number of hydrogen-bond acceptors (Lipinski definition) is 0. The molecule has 0 spiro atoms. The van der Waals surface area contributed by atoms with Crippen molar-refractivity contribution < 1.29 is 0 Å². The highest BCUT2D eigenvalue weighted by atomic mass is 35.8. The Labute approximate surface area is 169 Å². The number of rotatable bonds is 18. The van der Waals surface area contributed by atoms with Crippen LogP contribution in [-0.2, 0) is 0 Å². The summed E-state index contributed by atoms with van der Waals surface area (Å²) in [6, 6.07) is -0.234. The van der Waals surface area contributed by atoms with Crippen LogP contribution in [0.5, 0.6) is 0 Å². The van der Waals surface area contributed by atoms with Crippen molar-refractivity contribution in [3.8, 4) is 0 Å². The van der Waals surface area contributed by atoms with Crippen molar-refractivity contribution in [1.29, 1.82) is 0 Å². The van der Waals surface area contributed by atoms with Crippen LogP contribution in [0.1, 0.15) is 104 Å². The highest BCUT2D eigenvalue weighted by Crippen LogP contribution is 2.30. The largest absolute Gasteiger partial charge is 0.341 e. The molecule has 0 aromatic rings. The summed E-state index contributed by atoms with van der Waals surface area (Å²) in [5.74, 6) is 0. The van der Waals surface area contributed by atoms with E-state index in [9.17, 15) is 0 Å². The van der Waals surface area contributed by atoms with Gasteiger partial charge in [-0.1, -0.05) is 115 Å². The zero-order valence-electron chi connectivity index (χ0n) is 16.2. The minimum Gasteiger partial charge on any atom is -0.126 e. The minimum absolute atomic E-state index is 0.0608. The van der Waals surface area contributed by atoms with Gasteiger partial charge < -0.3 is 0 Å². The zero-order valence-corrected chi connectivity index (χ0v) is 20.9. The lowest BCUT2D eigenvalue weighted by molar-refractivity contribution is 0.531. The molecule has 0 aromatic carbocycles. The van der Waals surface area contributed by atoms with Crippen molar-refractivity contribution in [2.24, 2.45) is 0 Å². The first kappa shape index (κ1) is 25.3. The van der Waals surface area contributed by atoms with Gasteiger partial charge in [-0.25, -0.2) is 0 Å². The van der Waals surface area contributed by atoms with Gasteiger partial charge in [-0.05, 0) is 6.04 Å². The Kier molecular flexibility index (Phi) is 18.7. The average Bonchev–Trinajstić information content (AvgIpc) is 2.52. The third-order valence-electron chi connectivity index (χ3n) is 5.00. The van der Waals surface area contributed by atoms with E-state index >= 15 is 0 Å². The molecule has 0 atom stereocenters. The highest BCUT2D eigenvalue weighted by molar-refractivity contribution is 7.64. The van der Waals surface area contributed by atoms with Gasteiger partial charge in [0.25, 0.3) is 0 Å². The van der Waals surface area contributed by atoms with Gasteiger partial charge in [0, 0.05) is 9.52 Å². The van der Waals surface area contributed by atoms with Crippen LogP contribution in [0.2, 0.25) is 17.6 Å². The molecule has 0 unspecified atom stereocenters. The maximum atomic E-state index is 6.06. The van der Waals surface area contributed by atoms with Gasteiger partial charge in [-0.3, -0.25) is 0 Å². The standard InChI is InChI=1S/C19H41Cl3Si2/c1-3-5-7-9-11-13-15-19(23-17-18-24(20,21)22)16-14-12-10-8-6-4-2/h19H,3-18,23H2,1-2H3. The van der Waals surface area contributed by atoms with Crippen LogP contribution < -0.4 is 0 Å². The van der Waals surface area contributed by atoms with Crippen LogP contribution in [0, 0.1) is 0 Å². The van der Waals surface area contributed by atoms with E-state index in [2.05, 4.69) is 13.8 Å². The Morgan fingerprint density at radius 2 is 1.08 bits per heavy atom. The van der Waals surface area contributed by atoms with Crippen LogP contribution in [0.3, 0.4) is 0 Å². The molecule has 0 saturated carbocycles. The SMILES string of the molecule is CCCCCCCCC(CCCCCCCC)[SiH2]CC[Si](Cl)(Cl)Cl. The first-order valence-corrected chi connectivity index (χ1v) is 17.6. The molecule has 146 valence electrons. The molecule has 0 rings (SSSR count). The summed E-state index contributed by atoms with van der Waals surface area (Å²) in [5.41, 5.74) is 1.00. The lowest BCUT2D eigenvalue weighted by Crippen LogP contribution is -2.12. The van der Waals surface area contributed by atoms with Crippen LogP contribution in [-0.4, -0.2) is 15.5 Å². The topological polar surface area (TPSA) is 0 Å². The van der Waals surface area contributed by atoms with Gasteiger partial charge in [0.2, 0.25) is 0 Å². The van der Waals surface area contributed by atoms with Gasteiger partial charge >= 0.3 is 6.00 Å². The molecule has 0 aliphatic heterocycles. The fourth-order valence-corrected chi connectivity index (χ4v) is 11.2. The van der Waals surface area contributed by atoms with Crippen molar-refractivity contribution in [3.05, 3.63) is 0 Å². The molecule has 0 aliphatic rings. The molecule has 0 aromatic heterocycles. The van der Waals surface area contributed by atoms with Gasteiger partial charge in [-0.15, -0.1) is 33.2 Å². The van der Waals surface area contributed by atoms with E-state index < -0.39 is 6.00 Å². The third kappa shape index (κ3) is 19.6. The van der Waals surface area contributed by atoms with Crippen molar-refractivity contribution in [2.75, 3.05) is 0 Å². The van der Waals surface area contributed by atoms with Crippen molar-refractivity contribution in [3.63, 3.8) is 0 Å². The first-order valence-electron chi connectivity index (χ1n) is 10.6. The number of unbranched alkanes of at least 4 members (excludes halogenated alkanes) is 10. The first-order chi connectivity index (χ1) is 11.5. The molecule has 0 saturated heterocycles. The average molecular weight is 432 g/mol. The van der Waals surface area contributed by atoms with Crippen LogP contribution >= 0.6 is 33.2 Å². The van der Waals surface area contributed by atoms with Gasteiger partial charge in [0.15, 0.2) is 0 Å². The number of halogens is 3. The monoisotopic (exact) mass is 430 g/mol. The van der Waals surface area contributed by atoms with E-state index in [-0.39, 0.29) is 9.52 Å². The second-order valence-electron chi connectivity index (χ2n) is 7.49. The van der Waals surface area contributed by atoms with E-state index in [4.69, 9.17) is 33.2 Å². The summed E-state index contributed by atoms with van der Waals surface area (Å²) >= 11 is 18.2. The van der Waals surface area contributed by atoms with Crippen LogP contribution in [0.15, 0.2) is 0 Å². The minimum atomic E-state index is -2.38. The maximum Gasteiger partial charge on any atom is 0.341 e. The Bertz CT molecular complexity index is 241. The van der Waals surface area contributed by atoms with Gasteiger partial charge in [-0.2, -0.15) is 0 Å². The molecular formula is C19H41Cl3Si2. The van der Waals surface area contributed by atoms with Crippen LogP contribution in [0.4, 0.5) is 0 Å². The van der Waals surface area contributed by atoms with Crippen LogP contribution in [0.25, 0.3) is 0 Å². The Morgan fingerprint density at radius 1 is 0.667 bits per heavy atom. The van der Waals surface area contributed by atoms with E-state index in [0.717, 1.165) is 11.6 Å². The maximum absolute atomic E-state index is 6.06. The molecule has 0 nitrogen and oxygen atoms in total. The Balaban J connectivity index is 3.87. The van der Waals surface area contributed by atoms with E-state index in [0.29, 0.717) is 0 Å². The molecule has 0 heterocycles. The highest BCUT2D eigenvalue weighted by Gasteiger charge is 2.24. The predicted octanol–water partition coefficient (Wildman–Crippen LogP) is 8.52. The predicted molar refractivity (Wildman–Crippen MR) is 121 cm³/mol. The summed E-state index contributed by atoms with van der Waals surface area (Å²) in [5, 5.41) is 0. The molecule has 0 bridgehead atoms. The Hall–Kier alpha value is 1.30. The molecule has 5 heteroatoms. The van der Waals surface area contributed by atoms with Crippen molar-refractivity contribution >= 4 is 48.8 Å². The van der Waals surface area contributed by atoms with Gasteiger partial charge in [0.05, 0.1) is 0 Å². The second kappa shape index (κ2) is 17.7. The Morgan fingerprint density at radius 3 is 1.50 bits per heavy atom. The summed E-state index contributed by atoms with van der Waals surface area (Å²) in [4.78, 5) is 0. The molecule has 0 N–H and O–H groups in total. The molecule has 24 heavy (non-hydrogen) atoms. The molecule has 0 radical (unpaired) electrons. The molecule has 0 aliphatic carbocycles. The molecular weight excluding hydrogens is 391 g/mol. The van der Waals surface area contributed by atoms with Crippen molar-refractivity contribution in [1.82, 2.24) is 0 Å². The lowest BCUT2D eigenvalue weighted by Gasteiger charge is -2.17. The summed E-state index contributed by atoms with van der Waals surface area (Å²) in [6.07, 6.45) is 19.8. The smallest absolute Gasteiger partial charge is 0.126 e.